The molecule has 0 fully saturated rings. The number of alkyl carbamates (subject to hydrolysis) is 1. The highest BCUT2D eigenvalue weighted by molar-refractivity contribution is 5.89. The number of carbonyl (C=O) groups is 3. The molecule has 3 amide bonds. The summed E-state index contributed by atoms with van der Waals surface area (Å²) in [5, 5.41) is 7.38. The lowest BCUT2D eigenvalue weighted by Gasteiger charge is -2.13. The molecule has 0 aliphatic rings. The van der Waals surface area contributed by atoms with Gasteiger partial charge in [0, 0.05) is 6.54 Å². The predicted molar refractivity (Wildman–Crippen MR) is 80.9 cm³/mol. The molecule has 0 aliphatic heterocycles. The van der Waals surface area contributed by atoms with Crippen LogP contribution >= 0.6 is 0 Å². The van der Waals surface area contributed by atoms with Gasteiger partial charge in [-0.25, -0.2) is 4.79 Å². The van der Waals surface area contributed by atoms with Gasteiger partial charge in [-0.15, -0.1) is 0 Å². The monoisotopic (exact) mass is 307 g/mol. The second-order valence-electron chi connectivity index (χ2n) is 4.60. The SMILES string of the molecule is CCNC(=O)[C@H](C)NC(=O)CNC(=O)OCc1ccccc1. The van der Waals surface area contributed by atoms with Crippen LogP contribution in [-0.4, -0.2) is 37.0 Å². The summed E-state index contributed by atoms with van der Waals surface area (Å²) in [6.07, 6.45) is -0.690. The van der Waals surface area contributed by atoms with Crippen molar-refractivity contribution in [2.45, 2.75) is 26.5 Å². The van der Waals surface area contributed by atoms with Crippen molar-refractivity contribution in [1.29, 1.82) is 0 Å². The fourth-order valence-electron chi connectivity index (χ4n) is 1.61. The Hall–Kier alpha value is -2.57. The molecular formula is C15H21N3O4. The van der Waals surface area contributed by atoms with Gasteiger partial charge in [-0.3, -0.25) is 9.59 Å². The lowest BCUT2D eigenvalue weighted by molar-refractivity contribution is -0.128. The zero-order valence-corrected chi connectivity index (χ0v) is 12.7. The van der Waals surface area contributed by atoms with Crippen LogP contribution < -0.4 is 16.0 Å². The third kappa shape index (κ3) is 6.74. The molecule has 1 atom stereocenters. The second kappa shape index (κ2) is 9.38. The smallest absolute Gasteiger partial charge is 0.407 e. The molecule has 0 spiro atoms. The Morgan fingerprint density at radius 1 is 1.14 bits per heavy atom. The van der Waals surface area contributed by atoms with Crippen molar-refractivity contribution in [2.24, 2.45) is 0 Å². The molecule has 0 aromatic heterocycles. The summed E-state index contributed by atoms with van der Waals surface area (Å²) < 4.78 is 4.96. The van der Waals surface area contributed by atoms with E-state index in [0.717, 1.165) is 5.56 Å². The summed E-state index contributed by atoms with van der Waals surface area (Å²) in [5.41, 5.74) is 0.854. The van der Waals surface area contributed by atoms with E-state index >= 15 is 0 Å². The number of rotatable bonds is 7. The molecule has 7 nitrogen and oxygen atoms in total. The molecule has 1 aromatic carbocycles. The molecular weight excluding hydrogens is 286 g/mol. The van der Waals surface area contributed by atoms with Crippen molar-refractivity contribution in [2.75, 3.05) is 13.1 Å². The fraction of sp³-hybridized carbons (Fsp3) is 0.400. The van der Waals surface area contributed by atoms with Gasteiger partial charge in [0.15, 0.2) is 0 Å². The van der Waals surface area contributed by atoms with Gasteiger partial charge in [0.25, 0.3) is 0 Å². The average molecular weight is 307 g/mol. The summed E-state index contributed by atoms with van der Waals surface area (Å²) in [6.45, 7) is 3.72. The van der Waals surface area contributed by atoms with Gasteiger partial charge in [0.1, 0.15) is 19.2 Å². The van der Waals surface area contributed by atoms with Crippen LogP contribution in [0.3, 0.4) is 0 Å². The topological polar surface area (TPSA) is 96.5 Å². The molecule has 1 aromatic rings. The maximum absolute atomic E-state index is 11.6. The van der Waals surface area contributed by atoms with Crippen LogP contribution in [0, 0.1) is 0 Å². The van der Waals surface area contributed by atoms with Crippen LogP contribution in [0.1, 0.15) is 19.4 Å². The van der Waals surface area contributed by atoms with Crippen molar-refractivity contribution < 1.29 is 19.1 Å². The van der Waals surface area contributed by atoms with Gasteiger partial charge in [-0.05, 0) is 19.4 Å². The standard InChI is InChI=1S/C15H21N3O4/c1-3-16-14(20)11(2)18-13(19)9-17-15(21)22-10-12-7-5-4-6-8-12/h4-8,11H,3,9-10H2,1-2H3,(H,16,20)(H,17,21)(H,18,19)/t11-/m0/s1. The molecule has 0 saturated carbocycles. The minimum Gasteiger partial charge on any atom is -0.445 e. The van der Waals surface area contributed by atoms with Crippen LogP contribution in [0.2, 0.25) is 0 Å². The first kappa shape index (κ1) is 17.5. The van der Waals surface area contributed by atoms with Crippen LogP contribution in [0.15, 0.2) is 30.3 Å². The number of amides is 3. The van der Waals surface area contributed by atoms with Crippen LogP contribution in [0.25, 0.3) is 0 Å². The highest BCUT2D eigenvalue weighted by Gasteiger charge is 2.15. The van der Waals surface area contributed by atoms with Gasteiger partial charge >= 0.3 is 6.09 Å². The zero-order valence-electron chi connectivity index (χ0n) is 12.7. The fourth-order valence-corrected chi connectivity index (χ4v) is 1.61. The van der Waals surface area contributed by atoms with E-state index < -0.39 is 18.0 Å². The zero-order chi connectivity index (χ0) is 16.4. The molecule has 120 valence electrons. The summed E-state index contributed by atoms with van der Waals surface area (Å²) in [5.74, 6) is -0.738. The number of ether oxygens (including phenoxy) is 1. The Morgan fingerprint density at radius 3 is 2.45 bits per heavy atom. The first-order chi connectivity index (χ1) is 10.5. The predicted octanol–water partition coefficient (Wildman–Crippen LogP) is 0.554. The lowest BCUT2D eigenvalue weighted by Crippen LogP contribution is -2.47. The summed E-state index contributed by atoms with van der Waals surface area (Å²) in [6, 6.07) is 8.54. The number of benzene rings is 1. The largest absolute Gasteiger partial charge is 0.445 e. The Balaban J connectivity index is 2.23. The Labute approximate surface area is 129 Å². The molecule has 0 bridgehead atoms. The molecule has 0 unspecified atom stereocenters. The quantitative estimate of drug-likeness (QED) is 0.685. The minimum atomic E-state index is -0.690. The van der Waals surface area contributed by atoms with Crippen molar-refractivity contribution in [3.8, 4) is 0 Å². The number of likely N-dealkylation sites (N-methyl/N-ethyl adjacent to an activating group) is 1. The Bertz CT molecular complexity index is 505. The molecule has 0 saturated heterocycles. The normalized spacial score (nSPS) is 11.2. The molecule has 0 heterocycles. The van der Waals surface area contributed by atoms with E-state index in [1.54, 1.807) is 13.8 Å². The van der Waals surface area contributed by atoms with E-state index in [-0.39, 0.29) is 19.1 Å². The third-order valence-corrected chi connectivity index (χ3v) is 2.73. The highest BCUT2D eigenvalue weighted by atomic mass is 16.5. The van der Waals surface area contributed by atoms with Gasteiger partial charge < -0.3 is 20.7 Å². The number of nitrogens with one attached hydrogen (secondary N) is 3. The lowest BCUT2D eigenvalue weighted by atomic mass is 10.2. The van der Waals surface area contributed by atoms with Gasteiger partial charge in [-0.2, -0.15) is 0 Å². The van der Waals surface area contributed by atoms with E-state index in [9.17, 15) is 14.4 Å². The molecule has 0 radical (unpaired) electrons. The minimum absolute atomic E-state index is 0.129. The Kier molecular flexibility index (Phi) is 7.45. The summed E-state index contributed by atoms with van der Waals surface area (Å²) in [4.78, 5) is 34.5. The van der Waals surface area contributed by atoms with Gasteiger partial charge in [0.05, 0.1) is 0 Å². The molecule has 22 heavy (non-hydrogen) atoms. The van der Waals surface area contributed by atoms with Crippen LogP contribution in [0.5, 0.6) is 0 Å². The maximum atomic E-state index is 11.6. The van der Waals surface area contributed by atoms with Crippen LogP contribution in [0.4, 0.5) is 4.79 Å². The van der Waals surface area contributed by atoms with Crippen LogP contribution in [-0.2, 0) is 20.9 Å². The molecule has 0 aliphatic carbocycles. The number of carbonyl (C=O) groups excluding carboxylic acids is 3. The van der Waals surface area contributed by atoms with E-state index in [1.807, 2.05) is 30.3 Å². The van der Waals surface area contributed by atoms with E-state index in [2.05, 4.69) is 16.0 Å². The van der Waals surface area contributed by atoms with Crippen molar-refractivity contribution in [3.63, 3.8) is 0 Å². The highest BCUT2D eigenvalue weighted by Crippen LogP contribution is 2.00. The van der Waals surface area contributed by atoms with E-state index in [1.165, 1.54) is 0 Å². The van der Waals surface area contributed by atoms with E-state index in [0.29, 0.717) is 6.54 Å². The van der Waals surface area contributed by atoms with Crippen molar-refractivity contribution >= 4 is 17.9 Å². The molecule has 7 heteroatoms. The van der Waals surface area contributed by atoms with Crippen molar-refractivity contribution in [1.82, 2.24) is 16.0 Å². The first-order valence-corrected chi connectivity index (χ1v) is 7.04. The number of hydrogen-bond donors (Lipinski definition) is 3. The van der Waals surface area contributed by atoms with Crippen molar-refractivity contribution in [3.05, 3.63) is 35.9 Å². The maximum Gasteiger partial charge on any atom is 0.407 e. The number of hydrogen-bond acceptors (Lipinski definition) is 4. The molecule has 3 N–H and O–H groups in total. The first-order valence-electron chi connectivity index (χ1n) is 7.04. The summed E-state index contributed by atoms with van der Waals surface area (Å²) in [7, 11) is 0. The Morgan fingerprint density at radius 2 is 1.82 bits per heavy atom. The van der Waals surface area contributed by atoms with Gasteiger partial charge in [-0.1, -0.05) is 30.3 Å². The van der Waals surface area contributed by atoms with Gasteiger partial charge in [0.2, 0.25) is 11.8 Å². The van der Waals surface area contributed by atoms with E-state index in [4.69, 9.17) is 4.74 Å². The second-order valence-corrected chi connectivity index (χ2v) is 4.60. The summed E-state index contributed by atoms with van der Waals surface area (Å²) >= 11 is 0. The average Bonchev–Trinajstić information content (AvgIpc) is 2.52. The molecule has 1 rings (SSSR count). The third-order valence-electron chi connectivity index (χ3n) is 2.73.